The van der Waals surface area contributed by atoms with E-state index in [9.17, 15) is 0 Å². The first kappa shape index (κ1) is 8.59. The SMILES string of the molecule is NC1NN=C(c2ccccc2)C1S. The molecule has 0 aromatic heterocycles. The quantitative estimate of drug-likeness (QED) is 0.571. The van der Waals surface area contributed by atoms with Crippen LogP contribution in [-0.2, 0) is 0 Å². The molecular formula is C9H11N3S. The van der Waals surface area contributed by atoms with Crippen LogP contribution < -0.4 is 11.2 Å². The minimum absolute atomic E-state index is 0.0256. The van der Waals surface area contributed by atoms with E-state index in [2.05, 4.69) is 23.2 Å². The van der Waals surface area contributed by atoms with Gasteiger partial charge >= 0.3 is 0 Å². The topological polar surface area (TPSA) is 50.4 Å². The van der Waals surface area contributed by atoms with Gasteiger partial charge < -0.3 is 5.73 Å². The second kappa shape index (κ2) is 3.40. The largest absolute Gasteiger partial charge is 0.309 e. The van der Waals surface area contributed by atoms with E-state index >= 15 is 0 Å². The monoisotopic (exact) mass is 193 g/mol. The maximum atomic E-state index is 5.70. The van der Waals surface area contributed by atoms with Gasteiger partial charge in [0.25, 0.3) is 0 Å². The summed E-state index contributed by atoms with van der Waals surface area (Å²) in [5.74, 6) is 0. The first-order valence-electron chi connectivity index (χ1n) is 4.11. The maximum Gasteiger partial charge on any atom is 0.108 e. The molecule has 1 aliphatic rings. The molecule has 68 valence electrons. The van der Waals surface area contributed by atoms with E-state index in [4.69, 9.17) is 5.73 Å². The maximum absolute atomic E-state index is 5.70. The van der Waals surface area contributed by atoms with E-state index in [1.165, 1.54) is 0 Å². The third kappa shape index (κ3) is 1.55. The molecule has 0 fully saturated rings. The number of benzene rings is 1. The van der Waals surface area contributed by atoms with E-state index in [1.54, 1.807) is 0 Å². The van der Waals surface area contributed by atoms with E-state index in [1.807, 2.05) is 30.3 Å². The van der Waals surface area contributed by atoms with Gasteiger partial charge in [-0.15, -0.1) is 0 Å². The first-order chi connectivity index (χ1) is 6.29. The molecule has 13 heavy (non-hydrogen) atoms. The summed E-state index contributed by atoms with van der Waals surface area (Å²) in [5, 5.41) is 4.11. The van der Waals surface area contributed by atoms with Crippen LogP contribution in [0.4, 0.5) is 0 Å². The summed E-state index contributed by atoms with van der Waals surface area (Å²) >= 11 is 4.38. The van der Waals surface area contributed by atoms with E-state index in [0.29, 0.717) is 0 Å². The average molecular weight is 193 g/mol. The Morgan fingerprint density at radius 3 is 2.54 bits per heavy atom. The highest BCUT2D eigenvalue weighted by Gasteiger charge is 2.25. The number of rotatable bonds is 1. The van der Waals surface area contributed by atoms with Crippen molar-refractivity contribution in [2.45, 2.75) is 11.4 Å². The van der Waals surface area contributed by atoms with Gasteiger partial charge in [0.15, 0.2) is 0 Å². The van der Waals surface area contributed by atoms with Crippen LogP contribution in [0.2, 0.25) is 0 Å². The Morgan fingerprint density at radius 2 is 2.00 bits per heavy atom. The molecule has 0 spiro atoms. The first-order valence-corrected chi connectivity index (χ1v) is 4.63. The fraction of sp³-hybridized carbons (Fsp3) is 0.222. The third-order valence-corrected chi connectivity index (χ3v) is 2.59. The zero-order valence-electron chi connectivity index (χ0n) is 7.01. The minimum Gasteiger partial charge on any atom is -0.309 e. The van der Waals surface area contributed by atoms with Crippen molar-refractivity contribution in [3.05, 3.63) is 35.9 Å². The van der Waals surface area contributed by atoms with Gasteiger partial charge in [0, 0.05) is 0 Å². The highest BCUT2D eigenvalue weighted by molar-refractivity contribution is 7.82. The molecule has 4 heteroatoms. The zero-order valence-corrected chi connectivity index (χ0v) is 7.91. The molecule has 0 saturated carbocycles. The number of hydrogen-bond acceptors (Lipinski definition) is 4. The van der Waals surface area contributed by atoms with E-state index in [-0.39, 0.29) is 11.4 Å². The summed E-state index contributed by atoms with van der Waals surface area (Å²) < 4.78 is 0. The molecule has 1 aromatic carbocycles. The normalized spacial score (nSPS) is 26.8. The van der Waals surface area contributed by atoms with Crippen molar-refractivity contribution in [3.63, 3.8) is 0 Å². The molecule has 1 heterocycles. The average Bonchev–Trinajstić information content (AvgIpc) is 2.49. The summed E-state index contributed by atoms with van der Waals surface area (Å²) in [5.41, 5.74) is 10.5. The van der Waals surface area contributed by atoms with Crippen LogP contribution in [0.15, 0.2) is 35.4 Å². The second-order valence-electron chi connectivity index (χ2n) is 2.96. The predicted octanol–water partition coefficient (Wildman–Crippen LogP) is 0.577. The summed E-state index contributed by atoms with van der Waals surface area (Å²) in [4.78, 5) is 0. The highest BCUT2D eigenvalue weighted by atomic mass is 32.1. The van der Waals surface area contributed by atoms with Crippen molar-refractivity contribution >= 4 is 18.3 Å². The Hall–Kier alpha value is -1.00. The zero-order chi connectivity index (χ0) is 9.26. The lowest BCUT2D eigenvalue weighted by atomic mass is 10.1. The summed E-state index contributed by atoms with van der Waals surface area (Å²) in [6.45, 7) is 0. The molecule has 0 saturated heterocycles. The van der Waals surface area contributed by atoms with Gasteiger partial charge in [-0.1, -0.05) is 30.3 Å². The van der Waals surface area contributed by atoms with Crippen LogP contribution in [0.5, 0.6) is 0 Å². The molecule has 2 atom stereocenters. The Kier molecular flexibility index (Phi) is 2.24. The molecular weight excluding hydrogens is 182 g/mol. The number of nitrogens with one attached hydrogen (secondary N) is 1. The lowest BCUT2D eigenvalue weighted by Crippen LogP contribution is -2.39. The molecule has 0 bridgehead atoms. The summed E-state index contributed by atoms with van der Waals surface area (Å²) in [6.07, 6.45) is -0.182. The Morgan fingerprint density at radius 1 is 1.31 bits per heavy atom. The van der Waals surface area contributed by atoms with Crippen molar-refractivity contribution in [1.29, 1.82) is 0 Å². The molecule has 0 aliphatic carbocycles. The summed E-state index contributed by atoms with van der Waals surface area (Å²) in [6, 6.07) is 9.92. The highest BCUT2D eigenvalue weighted by Crippen LogP contribution is 2.14. The standard InChI is InChI=1S/C9H11N3S/c10-9-8(13)7(11-12-9)6-4-2-1-3-5-6/h1-5,8-9,12-13H,10H2. The van der Waals surface area contributed by atoms with Crippen LogP contribution in [0.25, 0.3) is 0 Å². The number of hydrazone groups is 1. The van der Waals surface area contributed by atoms with Gasteiger partial charge in [-0.25, -0.2) is 0 Å². The number of hydrogen-bond donors (Lipinski definition) is 3. The van der Waals surface area contributed by atoms with Gasteiger partial charge in [0.05, 0.1) is 11.0 Å². The minimum atomic E-state index is -0.182. The van der Waals surface area contributed by atoms with E-state index in [0.717, 1.165) is 11.3 Å². The van der Waals surface area contributed by atoms with Crippen LogP contribution in [-0.4, -0.2) is 17.1 Å². The van der Waals surface area contributed by atoms with Gasteiger partial charge in [-0.3, -0.25) is 5.43 Å². The molecule has 2 unspecified atom stereocenters. The fourth-order valence-electron chi connectivity index (χ4n) is 1.30. The van der Waals surface area contributed by atoms with Crippen LogP contribution in [0, 0.1) is 0 Å². The lowest BCUT2D eigenvalue weighted by Gasteiger charge is -2.09. The number of nitrogens with zero attached hydrogens (tertiary/aromatic N) is 1. The van der Waals surface area contributed by atoms with Crippen molar-refractivity contribution in [2.24, 2.45) is 10.8 Å². The molecule has 2 rings (SSSR count). The smallest absolute Gasteiger partial charge is 0.108 e. The molecule has 1 aliphatic heterocycles. The Balaban J connectivity index is 2.29. The Labute approximate surface area is 82.4 Å². The van der Waals surface area contributed by atoms with Crippen LogP contribution in [0.1, 0.15) is 5.56 Å². The number of nitrogens with two attached hydrogens (primary N) is 1. The molecule has 0 amide bonds. The fourth-order valence-corrected chi connectivity index (χ4v) is 1.57. The van der Waals surface area contributed by atoms with Gasteiger partial charge in [-0.05, 0) is 5.56 Å². The van der Waals surface area contributed by atoms with Gasteiger partial charge in [-0.2, -0.15) is 17.7 Å². The number of thiol groups is 1. The van der Waals surface area contributed by atoms with Crippen molar-refractivity contribution in [3.8, 4) is 0 Å². The van der Waals surface area contributed by atoms with E-state index < -0.39 is 0 Å². The van der Waals surface area contributed by atoms with Crippen molar-refractivity contribution in [2.75, 3.05) is 0 Å². The van der Waals surface area contributed by atoms with Gasteiger partial charge in [0.1, 0.15) is 6.17 Å². The molecule has 0 radical (unpaired) electrons. The van der Waals surface area contributed by atoms with Crippen LogP contribution in [0.3, 0.4) is 0 Å². The Bertz CT molecular complexity index is 323. The summed E-state index contributed by atoms with van der Waals surface area (Å²) in [7, 11) is 0. The molecule has 3 N–H and O–H groups in total. The molecule has 1 aromatic rings. The molecule has 3 nitrogen and oxygen atoms in total. The van der Waals surface area contributed by atoms with Gasteiger partial charge in [0.2, 0.25) is 0 Å². The van der Waals surface area contributed by atoms with Crippen molar-refractivity contribution < 1.29 is 0 Å². The lowest BCUT2D eigenvalue weighted by molar-refractivity contribution is 0.617. The second-order valence-corrected chi connectivity index (χ2v) is 3.52. The van der Waals surface area contributed by atoms with Crippen molar-refractivity contribution in [1.82, 2.24) is 5.43 Å². The van der Waals surface area contributed by atoms with Crippen LogP contribution >= 0.6 is 12.6 Å². The predicted molar refractivity (Wildman–Crippen MR) is 56.9 cm³/mol. The third-order valence-electron chi connectivity index (χ3n) is 2.02.